The Morgan fingerprint density at radius 3 is 2.38 bits per heavy atom. The van der Waals surface area contributed by atoms with Crippen molar-refractivity contribution >= 4 is 35.8 Å². The Kier molecular flexibility index (Phi) is 11.4. The summed E-state index contributed by atoms with van der Waals surface area (Å²) in [7, 11) is 0. The summed E-state index contributed by atoms with van der Waals surface area (Å²) in [6, 6.07) is 10.4. The van der Waals surface area contributed by atoms with Gasteiger partial charge in [-0.1, -0.05) is 36.8 Å². The predicted molar refractivity (Wildman–Crippen MR) is 129 cm³/mol. The summed E-state index contributed by atoms with van der Waals surface area (Å²) in [5.74, 6) is 1.37. The molecule has 29 heavy (non-hydrogen) atoms. The highest BCUT2D eigenvalue weighted by atomic mass is 127. The van der Waals surface area contributed by atoms with Gasteiger partial charge < -0.3 is 20.4 Å². The van der Waals surface area contributed by atoms with Crippen molar-refractivity contribution in [2.75, 3.05) is 26.2 Å². The lowest BCUT2D eigenvalue weighted by atomic mass is 10.0. The molecular weight excluding hydrogens is 479 g/mol. The normalized spacial score (nSPS) is 12.1. The van der Waals surface area contributed by atoms with E-state index in [2.05, 4.69) is 59.1 Å². The Labute approximate surface area is 191 Å². The second-order valence-electron chi connectivity index (χ2n) is 7.00. The second-order valence-corrected chi connectivity index (χ2v) is 7.00. The van der Waals surface area contributed by atoms with Gasteiger partial charge in [-0.05, 0) is 38.8 Å². The lowest BCUT2D eigenvalue weighted by molar-refractivity contribution is 0.0925. The molecule has 160 valence electrons. The third-order valence-electron chi connectivity index (χ3n) is 4.51. The Bertz CT molecular complexity index is 771. The zero-order valence-electron chi connectivity index (χ0n) is 17.7. The van der Waals surface area contributed by atoms with Crippen LogP contribution < -0.4 is 16.0 Å². The highest BCUT2D eigenvalue weighted by Gasteiger charge is 2.11. The molecule has 3 N–H and O–H groups in total. The van der Waals surface area contributed by atoms with Crippen LogP contribution in [0.5, 0.6) is 0 Å². The standard InChI is InChI=1S/C22H32N4O2.HI/c1-5-23-22(26-15-18(4)19-9-7-16(2)8-10-19)25-13-6-12-24-21(27)20-17(3)11-14-28-20;/h7-11,14,18H,5-6,12-13,15H2,1-4H3,(H,24,27)(H2,23,25,26);1H. The molecule has 0 aliphatic rings. The molecule has 0 aliphatic heterocycles. The van der Waals surface area contributed by atoms with E-state index in [0.717, 1.165) is 31.0 Å². The largest absolute Gasteiger partial charge is 0.459 e. The van der Waals surface area contributed by atoms with Gasteiger partial charge in [0.1, 0.15) is 0 Å². The van der Waals surface area contributed by atoms with E-state index < -0.39 is 0 Å². The number of nitrogens with zero attached hydrogens (tertiary/aromatic N) is 1. The minimum atomic E-state index is -0.171. The molecule has 0 radical (unpaired) electrons. The van der Waals surface area contributed by atoms with Crippen LogP contribution in [0, 0.1) is 13.8 Å². The highest BCUT2D eigenvalue weighted by molar-refractivity contribution is 14.0. The van der Waals surface area contributed by atoms with Crippen LogP contribution in [0.4, 0.5) is 0 Å². The molecule has 0 fully saturated rings. The lowest BCUT2D eigenvalue weighted by Gasteiger charge is -2.14. The van der Waals surface area contributed by atoms with Crippen molar-refractivity contribution in [3.63, 3.8) is 0 Å². The summed E-state index contributed by atoms with van der Waals surface area (Å²) in [5, 5.41) is 9.46. The monoisotopic (exact) mass is 512 g/mol. The van der Waals surface area contributed by atoms with Gasteiger partial charge in [0.2, 0.25) is 0 Å². The molecule has 6 nitrogen and oxygen atoms in total. The molecule has 2 aromatic rings. The van der Waals surface area contributed by atoms with Gasteiger partial charge in [0.25, 0.3) is 5.91 Å². The molecule has 1 aromatic heterocycles. The van der Waals surface area contributed by atoms with Crippen LogP contribution in [0.1, 0.15) is 53.4 Å². The third kappa shape index (κ3) is 8.47. The van der Waals surface area contributed by atoms with Gasteiger partial charge in [-0.2, -0.15) is 0 Å². The van der Waals surface area contributed by atoms with E-state index >= 15 is 0 Å². The smallest absolute Gasteiger partial charge is 0.287 e. The molecular formula is C22H33IN4O2. The molecule has 0 saturated carbocycles. The number of aryl methyl sites for hydroxylation is 2. The summed E-state index contributed by atoms with van der Waals surface area (Å²) in [4.78, 5) is 16.7. The molecule has 7 heteroatoms. The van der Waals surface area contributed by atoms with Crippen molar-refractivity contribution in [1.82, 2.24) is 16.0 Å². The lowest BCUT2D eigenvalue weighted by Crippen LogP contribution is -2.39. The average Bonchev–Trinajstić information content (AvgIpc) is 3.12. The third-order valence-corrected chi connectivity index (χ3v) is 4.51. The molecule has 0 saturated heterocycles. The zero-order chi connectivity index (χ0) is 20.4. The van der Waals surface area contributed by atoms with Crippen molar-refractivity contribution in [1.29, 1.82) is 0 Å². The Balaban J connectivity index is 0.00000420. The summed E-state index contributed by atoms with van der Waals surface area (Å²) in [6.07, 6.45) is 2.33. The predicted octanol–water partition coefficient (Wildman–Crippen LogP) is 3.99. The van der Waals surface area contributed by atoms with Gasteiger partial charge in [-0.3, -0.25) is 9.79 Å². The Morgan fingerprint density at radius 1 is 1.07 bits per heavy atom. The van der Waals surface area contributed by atoms with Gasteiger partial charge in [0.05, 0.1) is 6.26 Å². The van der Waals surface area contributed by atoms with Crippen LogP contribution in [-0.4, -0.2) is 38.0 Å². The maximum atomic E-state index is 12.0. The first-order valence-corrected chi connectivity index (χ1v) is 9.92. The first-order valence-electron chi connectivity index (χ1n) is 9.92. The van der Waals surface area contributed by atoms with Gasteiger partial charge >= 0.3 is 0 Å². The second kappa shape index (κ2) is 13.2. The molecule has 0 aliphatic carbocycles. The molecule has 1 unspecified atom stereocenters. The van der Waals surface area contributed by atoms with Crippen molar-refractivity contribution in [3.05, 3.63) is 59.0 Å². The van der Waals surface area contributed by atoms with Crippen molar-refractivity contribution < 1.29 is 9.21 Å². The van der Waals surface area contributed by atoms with Crippen molar-refractivity contribution in [2.24, 2.45) is 4.99 Å². The van der Waals surface area contributed by atoms with Crippen LogP contribution >= 0.6 is 24.0 Å². The van der Waals surface area contributed by atoms with Gasteiger partial charge in [-0.15, -0.1) is 24.0 Å². The number of hydrogen-bond acceptors (Lipinski definition) is 3. The highest BCUT2D eigenvalue weighted by Crippen LogP contribution is 2.15. The fourth-order valence-corrected chi connectivity index (χ4v) is 2.75. The van der Waals surface area contributed by atoms with E-state index in [1.54, 1.807) is 6.07 Å². The summed E-state index contributed by atoms with van der Waals surface area (Å²) in [5.41, 5.74) is 3.41. The maximum absolute atomic E-state index is 12.0. The van der Waals surface area contributed by atoms with Gasteiger partial charge in [0, 0.05) is 37.7 Å². The van der Waals surface area contributed by atoms with Crippen molar-refractivity contribution in [2.45, 2.75) is 40.0 Å². The first-order chi connectivity index (χ1) is 13.5. The minimum absolute atomic E-state index is 0. The van der Waals surface area contributed by atoms with Crippen LogP contribution in [0.25, 0.3) is 0 Å². The van der Waals surface area contributed by atoms with E-state index in [0.29, 0.717) is 24.8 Å². The molecule has 0 bridgehead atoms. The Morgan fingerprint density at radius 2 is 1.76 bits per heavy atom. The molecule has 2 rings (SSSR count). The number of guanidine groups is 1. The number of furan rings is 1. The van der Waals surface area contributed by atoms with Crippen molar-refractivity contribution in [3.8, 4) is 0 Å². The fourth-order valence-electron chi connectivity index (χ4n) is 2.75. The Hall–Kier alpha value is -2.03. The van der Waals surface area contributed by atoms with E-state index in [9.17, 15) is 4.79 Å². The molecule has 0 spiro atoms. The number of carbonyl (C=O) groups is 1. The van der Waals surface area contributed by atoms with E-state index in [1.807, 2.05) is 13.8 Å². The van der Waals surface area contributed by atoms with Gasteiger partial charge in [0.15, 0.2) is 11.7 Å². The minimum Gasteiger partial charge on any atom is -0.459 e. The number of benzene rings is 1. The van der Waals surface area contributed by atoms with Crippen LogP contribution in [-0.2, 0) is 0 Å². The topological polar surface area (TPSA) is 78.7 Å². The molecule has 1 atom stereocenters. The SMILES string of the molecule is CCNC(=NCC(C)c1ccc(C)cc1)NCCCNC(=O)c1occc1C.I. The van der Waals surface area contributed by atoms with Crippen LogP contribution in [0.15, 0.2) is 46.0 Å². The number of halogens is 1. The first kappa shape index (κ1) is 25.0. The average molecular weight is 512 g/mol. The quantitative estimate of drug-likeness (QED) is 0.206. The van der Waals surface area contributed by atoms with Crippen LogP contribution in [0.2, 0.25) is 0 Å². The molecule has 1 aromatic carbocycles. The summed E-state index contributed by atoms with van der Waals surface area (Å²) in [6.45, 7) is 11.0. The summed E-state index contributed by atoms with van der Waals surface area (Å²) < 4.78 is 5.19. The van der Waals surface area contributed by atoms with E-state index in [-0.39, 0.29) is 29.9 Å². The number of amides is 1. The zero-order valence-corrected chi connectivity index (χ0v) is 20.1. The number of carbonyl (C=O) groups excluding carboxylic acids is 1. The maximum Gasteiger partial charge on any atom is 0.287 e. The number of nitrogens with one attached hydrogen (secondary N) is 3. The number of hydrogen-bond donors (Lipinski definition) is 3. The number of rotatable bonds is 9. The molecule has 1 amide bonds. The molecule has 1 heterocycles. The fraction of sp³-hybridized carbons (Fsp3) is 0.455. The van der Waals surface area contributed by atoms with Crippen LogP contribution in [0.3, 0.4) is 0 Å². The summed E-state index contributed by atoms with van der Waals surface area (Å²) >= 11 is 0. The van der Waals surface area contributed by atoms with E-state index in [1.165, 1.54) is 17.4 Å². The van der Waals surface area contributed by atoms with Gasteiger partial charge in [-0.25, -0.2) is 0 Å². The number of aliphatic imine (C=N–C) groups is 1. The van der Waals surface area contributed by atoms with E-state index in [4.69, 9.17) is 4.42 Å².